The van der Waals surface area contributed by atoms with Gasteiger partial charge in [0.15, 0.2) is 0 Å². The molecule has 0 saturated carbocycles. The van der Waals surface area contributed by atoms with Crippen LogP contribution >= 0.6 is 15.9 Å². The lowest BCUT2D eigenvalue weighted by molar-refractivity contribution is 0.437. The summed E-state index contributed by atoms with van der Waals surface area (Å²) in [6, 6.07) is 5.04. The van der Waals surface area contributed by atoms with E-state index in [1.54, 1.807) is 12.1 Å². The van der Waals surface area contributed by atoms with E-state index in [4.69, 9.17) is 5.84 Å². The fourth-order valence-corrected chi connectivity index (χ4v) is 1.90. The smallest absolute Gasteiger partial charge is 0.137 e. The van der Waals surface area contributed by atoms with Gasteiger partial charge < -0.3 is 0 Å². The van der Waals surface area contributed by atoms with Crippen molar-refractivity contribution < 1.29 is 4.39 Å². The fourth-order valence-electron chi connectivity index (χ4n) is 1.50. The Hall–Kier alpha value is -0.450. The van der Waals surface area contributed by atoms with Crippen molar-refractivity contribution in [3.05, 3.63) is 34.1 Å². The van der Waals surface area contributed by atoms with Gasteiger partial charge in [-0.15, -0.1) is 0 Å². The summed E-state index contributed by atoms with van der Waals surface area (Å²) in [5.41, 5.74) is 3.75. The van der Waals surface area contributed by atoms with Crippen molar-refractivity contribution in [2.45, 2.75) is 26.3 Å². The minimum Gasteiger partial charge on any atom is -0.271 e. The molecule has 0 saturated heterocycles. The maximum absolute atomic E-state index is 13.0. The molecule has 0 radical (unpaired) electrons. The summed E-state index contributed by atoms with van der Waals surface area (Å²) in [5, 5.41) is 0. The van der Waals surface area contributed by atoms with E-state index >= 15 is 0 Å². The summed E-state index contributed by atoms with van der Waals surface area (Å²) in [6.45, 7) is 4.26. The second-order valence-corrected chi connectivity index (χ2v) is 4.88. The quantitative estimate of drug-likeness (QED) is 0.654. The SMILES string of the molecule is CC(C)CC(NN)c1ccc(F)c(Br)c1. The lowest BCUT2D eigenvalue weighted by Crippen LogP contribution is -2.29. The monoisotopic (exact) mass is 274 g/mol. The minimum atomic E-state index is -0.251. The van der Waals surface area contributed by atoms with Crippen LogP contribution in [0.2, 0.25) is 0 Å². The van der Waals surface area contributed by atoms with Crippen LogP contribution in [0, 0.1) is 11.7 Å². The standard InChI is InChI=1S/C11H16BrFN2/c1-7(2)5-11(15-14)8-3-4-10(13)9(12)6-8/h3-4,6-7,11,15H,5,14H2,1-2H3. The van der Waals surface area contributed by atoms with Crippen LogP contribution < -0.4 is 11.3 Å². The first kappa shape index (κ1) is 12.6. The number of nitrogens with two attached hydrogens (primary N) is 1. The van der Waals surface area contributed by atoms with Crippen LogP contribution in [0.1, 0.15) is 31.9 Å². The molecule has 0 aliphatic carbocycles. The van der Waals surface area contributed by atoms with E-state index in [2.05, 4.69) is 35.2 Å². The van der Waals surface area contributed by atoms with Gasteiger partial charge >= 0.3 is 0 Å². The lowest BCUT2D eigenvalue weighted by atomic mass is 9.98. The van der Waals surface area contributed by atoms with Crippen LogP contribution in [0.15, 0.2) is 22.7 Å². The number of nitrogens with one attached hydrogen (secondary N) is 1. The molecule has 0 heterocycles. The second kappa shape index (κ2) is 5.58. The van der Waals surface area contributed by atoms with Crippen LogP contribution in [-0.4, -0.2) is 0 Å². The van der Waals surface area contributed by atoms with Gasteiger partial charge in [-0.1, -0.05) is 19.9 Å². The van der Waals surface area contributed by atoms with Crippen LogP contribution in [0.5, 0.6) is 0 Å². The van der Waals surface area contributed by atoms with Crippen LogP contribution in [0.4, 0.5) is 4.39 Å². The molecule has 1 aromatic carbocycles. The predicted octanol–water partition coefficient (Wildman–Crippen LogP) is 3.14. The Morgan fingerprint density at radius 1 is 1.47 bits per heavy atom. The van der Waals surface area contributed by atoms with Gasteiger partial charge in [0.05, 0.1) is 4.47 Å². The molecule has 0 aliphatic heterocycles. The Morgan fingerprint density at radius 2 is 2.13 bits per heavy atom. The van der Waals surface area contributed by atoms with Crippen LogP contribution in [-0.2, 0) is 0 Å². The molecule has 1 unspecified atom stereocenters. The third-order valence-corrected chi connectivity index (χ3v) is 2.86. The molecular formula is C11H16BrFN2. The summed E-state index contributed by atoms with van der Waals surface area (Å²) in [5.74, 6) is 5.77. The topological polar surface area (TPSA) is 38.0 Å². The van der Waals surface area contributed by atoms with Gasteiger partial charge in [0.25, 0.3) is 0 Å². The van der Waals surface area contributed by atoms with E-state index in [1.807, 2.05) is 0 Å². The molecule has 0 bridgehead atoms. The van der Waals surface area contributed by atoms with Gasteiger partial charge in [0.1, 0.15) is 5.82 Å². The van der Waals surface area contributed by atoms with Gasteiger partial charge in [-0.3, -0.25) is 11.3 Å². The lowest BCUT2D eigenvalue weighted by Gasteiger charge is -2.18. The van der Waals surface area contributed by atoms with Gasteiger partial charge in [0.2, 0.25) is 0 Å². The first-order valence-corrected chi connectivity index (χ1v) is 5.75. The Bertz CT molecular complexity index is 328. The van der Waals surface area contributed by atoms with Gasteiger partial charge in [-0.05, 0) is 46.0 Å². The van der Waals surface area contributed by atoms with E-state index in [0.717, 1.165) is 12.0 Å². The zero-order chi connectivity index (χ0) is 11.4. The first-order chi connectivity index (χ1) is 7.04. The molecule has 1 atom stereocenters. The highest BCUT2D eigenvalue weighted by atomic mass is 79.9. The molecule has 4 heteroatoms. The molecule has 3 N–H and O–H groups in total. The van der Waals surface area contributed by atoms with Crippen LogP contribution in [0.25, 0.3) is 0 Å². The highest BCUT2D eigenvalue weighted by Gasteiger charge is 2.12. The van der Waals surface area contributed by atoms with Gasteiger partial charge in [-0.25, -0.2) is 4.39 Å². The van der Waals surface area contributed by atoms with E-state index in [0.29, 0.717) is 10.4 Å². The zero-order valence-corrected chi connectivity index (χ0v) is 10.5. The molecule has 0 spiro atoms. The molecule has 1 rings (SSSR count). The Kier molecular flexibility index (Phi) is 4.70. The van der Waals surface area contributed by atoms with Crippen LogP contribution in [0.3, 0.4) is 0 Å². The average Bonchev–Trinajstić information content (AvgIpc) is 2.18. The molecular weight excluding hydrogens is 259 g/mol. The minimum absolute atomic E-state index is 0.0712. The summed E-state index contributed by atoms with van der Waals surface area (Å²) >= 11 is 3.17. The zero-order valence-electron chi connectivity index (χ0n) is 8.93. The molecule has 0 aromatic heterocycles. The maximum atomic E-state index is 13.0. The highest BCUT2D eigenvalue weighted by molar-refractivity contribution is 9.10. The number of hydrogen-bond acceptors (Lipinski definition) is 2. The number of rotatable bonds is 4. The van der Waals surface area contributed by atoms with Crippen molar-refractivity contribution in [2.24, 2.45) is 11.8 Å². The van der Waals surface area contributed by atoms with Crippen molar-refractivity contribution >= 4 is 15.9 Å². The van der Waals surface area contributed by atoms with Gasteiger partial charge in [-0.2, -0.15) is 0 Å². The third-order valence-electron chi connectivity index (χ3n) is 2.25. The predicted molar refractivity (Wildman–Crippen MR) is 63.6 cm³/mol. The molecule has 2 nitrogen and oxygen atoms in total. The average molecular weight is 275 g/mol. The van der Waals surface area contributed by atoms with Crippen molar-refractivity contribution in [1.82, 2.24) is 5.43 Å². The van der Waals surface area contributed by atoms with Crippen molar-refractivity contribution in [1.29, 1.82) is 0 Å². The second-order valence-electron chi connectivity index (χ2n) is 4.02. The molecule has 1 aromatic rings. The third kappa shape index (κ3) is 3.55. The number of halogens is 2. The van der Waals surface area contributed by atoms with E-state index in [1.165, 1.54) is 6.07 Å². The Balaban J connectivity index is 2.87. The normalized spacial score (nSPS) is 13.2. The number of hydrogen-bond donors (Lipinski definition) is 2. The summed E-state index contributed by atoms with van der Waals surface area (Å²) in [4.78, 5) is 0. The maximum Gasteiger partial charge on any atom is 0.137 e. The van der Waals surface area contributed by atoms with Crippen molar-refractivity contribution in [3.8, 4) is 0 Å². The van der Waals surface area contributed by atoms with E-state index < -0.39 is 0 Å². The van der Waals surface area contributed by atoms with E-state index in [-0.39, 0.29) is 11.9 Å². The number of hydrazine groups is 1. The first-order valence-electron chi connectivity index (χ1n) is 4.95. The molecule has 15 heavy (non-hydrogen) atoms. The highest BCUT2D eigenvalue weighted by Crippen LogP contribution is 2.24. The molecule has 0 fully saturated rings. The molecule has 84 valence electrons. The largest absolute Gasteiger partial charge is 0.271 e. The summed E-state index contributed by atoms with van der Waals surface area (Å²) in [6.07, 6.45) is 0.925. The Morgan fingerprint density at radius 3 is 2.60 bits per heavy atom. The molecule has 0 aliphatic rings. The number of benzene rings is 1. The van der Waals surface area contributed by atoms with Gasteiger partial charge in [0, 0.05) is 6.04 Å². The van der Waals surface area contributed by atoms with Crippen molar-refractivity contribution in [2.75, 3.05) is 0 Å². The Labute approximate surface area is 98.1 Å². The van der Waals surface area contributed by atoms with Crippen molar-refractivity contribution in [3.63, 3.8) is 0 Å². The fraction of sp³-hybridized carbons (Fsp3) is 0.455. The molecule has 0 amide bonds. The summed E-state index contributed by atoms with van der Waals surface area (Å²) < 4.78 is 13.5. The van der Waals surface area contributed by atoms with E-state index in [9.17, 15) is 4.39 Å². The summed E-state index contributed by atoms with van der Waals surface area (Å²) in [7, 11) is 0.